The third kappa shape index (κ3) is 4.38. The lowest BCUT2D eigenvalue weighted by molar-refractivity contribution is 0.0966. The highest BCUT2D eigenvalue weighted by Gasteiger charge is 2.27. The topological polar surface area (TPSA) is 87.0 Å². The largest absolute Gasteiger partial charge is 0.378 e. The van der Waals surface area contributed by atoms with Gasteiger partial charge in [0.05, 0.1) is 48.2 Å². The molecule has 9 nitrogen and oxygen atoms in total. The summed E-state index contributed by atoms with van der Waals surface area (Å²) in [6, 6.07) is 10.9. The maximum atomic E-state index is 13.6. The van der Waals surface area contributed by atoms with Crippen LogP contribution in [-0.2, 0) is 11.3 Å². The van der Waals surface area contributed by atoms with Gasteiger partial charge in [0.25, 0.3) is 5.91 Å². The van der Waals surface area contributed by atoms with Crippen LogP contribution in [-0.4, -0.2) is 71.6 Å². The van der Waals surface area contributed by atoms with Crippen LogP contribution in [0, 0.1) is 5.82 Å². The Morgan fingerprint density at radius 3 is 2.86 bits per heavy atom. The van der Waals surface area contributed by atoms with Gasteiger partial charge >= 0.3 is 0 Å². The molecule has 1 fully saturated rings. The summed E-state index contributed by atoms with van der Waals surface area (Å²) in [7, 11) is 4.13. The van der Waals surface area contributed by atoms with Crippen LogP contribution >= 0.6 is 0 Å². The zero-order valence-electron chi connectivity index (χ0n) is 20.7. The number of carbonyl (C=O) groups is 1. The molecule has 3 aromatic heterocycles. The van der Waals surface area contributed by atoms with Gasteiger partial charge in [-0.2, -0.15) is 0 Å². The predicted molar refractivity (Wildman–Crippen MR) is 140 cm³/mol. The Morgan fingerprint density at radius 1 is 1.16 bits per heavy atom. The van der Waals surface area contributed by atoms with Gasteiger partial charge in [0.1, 0.15) is 17.3 Å². The molecule has 6 rings (SSSR count). The number of nitrogens with zero attached hydrogens (tertiary/aromatic N) is 5. The predicted octanol–water partition coefficient (Wildman–Crippen LogP) is 3.29. The molecule has 37 heavy (non-hydrogen) atoms. The van der Waals surface area contributed by atoms with E-state index in [-0.39, 0.29) is 11.7 Å². The lowest BCUT2D eigenvalue weighted by Gasteiger charge is -2.28. The Hall–Kier alpha value is -4.02. The standard InChI is InChI=1S/C27H28FN7O2/c1-33(2)19-15-34(9-10-37-16-19)18-3-6-24(29-12-18)32-22-5-4-20(21-13-31-27(36)26(21)22)23-14-30-25-11-17(28)7-8-35(23)25/h3-8,11-12,14,19H,9-10,13,15-16H2,1-2H3,(H,29,32)(H,31,36)/t19-/m0/s1. The first-order valence-electron chi connectivity index (χ1n) is 12.3. The van der Waals surface area contributed by atoms with Crippen LogP contribution in [0.1, 0.15) is 15.9 Å². The number of fused-ring (bicyclic) bond motifs is 2. The van der Waals surface area contributed by atoms with Gasteiger partial charge in [-0.25, -0.2) is 14.4 Å². The van der Waals surface area contributed by atoms with E-state index < -0.39 is 0 Å². The number of likely N-dealkylation sites (N-methyl/N-ethyl adjacent to an activating group) is 1. The maximum Gasteiger partial charge on any atom is 0.254 e. The van der Waals surface area contributed by atoms with Crippen molar-refractivity contribution in [2.24, 2.45) is 0 Å². The minimum absolute atomic E-state index is 0.143. The van der Waals surface area contributed by atoms with Crippen LogP contribution in [0.5, 0.6) is 0 Å². The molecule has 0 aliphatic carbocycles. The fourth-order valence-electron chi connectivity index (χ4n) is 4.97. The first-order valence-corrected chi connectivity index (χ1v) is 12.3. The van der Waals surface area contributed by atoms with Crippen molar-refractivity contribution in [3.05, 3.63) is 71.9 Å². The van der Waals surface area contributed by atoms with Gasteiger partial charge in [-0.05, 0) is 43.9 Å². The molecule has 2 aliphatic heterocycles. The van der Waals surface area contributed by atoms with E-state index in [0.717, 1.165) is 35.6 Å². The molecule has 0 radical (unpaired) electrons. The highest BCUT2D eigenvalue weighted by Crippen LogP contribution is 2.35. The normalized spacial score (nSPS) is 17.7. The fraction of sp³-hybridized carbons (Fsp3) is 0.296. The zero-order valence-corrected chi connectivity index (χ0v) is 20.7. The van der Waals surface area contributed by atoms with Crippen LogP contribution in [0.15, 0.2) is 55.0 Å². The van der Waals surface area contributed by atoms with Gasteiger partial charge in [0.2, 0.25) is 0 Å². The van der Waals surface area contributed by atoms with E-state index in [1.54, 1.807) is 12.4 Å². The van der Waals surface area contributed by atoms with Gasteiger partial charge in [-0.15, -0.1) is 0 Å². The van der Waals surface area contributed by atoms with Crippen LogP contribution in [0.25, 0.3) is 16.9 Å². The number of hydrogen-bond donors (Lipinski definition) is 2. The molecule has 190 valence electrons. The minimum Gasteiger partial charge on any atom is -0.378 e. The Labute approximate surface area is 213 Å². The number of amides is 1. The average molecular weight is 502 g/mol. The SMILES string of the molecule is CN(C)[C@@H]1COCCN(c2ccc(Nc3ccc(-c4cnc5cc(F)ccn45)c4c3C(=O)NC4)nc2)C1. The molecule has 1 amide bonds. The van der Waals surface area contributed by atoms with Crippen LogP contribution < -0.4 is 15.5 Å². The lowest BCUT2D eigenvalue weighted by Crippen LogP contribution is -2.41. The Bertz CT molecular complexity index is 1470. The third-order valence-corrected chi connectivity index (χ3v) is 7.07. The summed E-state index contributed by atoms with van der Waals surface area (Å²) in [6.07, 6.45) is 5.21. The number of pyridine rings is 2. The van der Waals surface area contributed by atoms with Gasteiger partial charge in [0, 0.05) is 43.5 Å². The van der Waals surface area contributed by atoms with Gasteiger partial charge < -0.3 is 25.2 Å². The van der Waals surface area contributed by atoms with Crippen molar-refractivity contribution in [3.63, 3.8) is 0 Å². The number of benzene rings is 1. The Morgan fingerprint density at radius 2 is 2.05 bits per heavy atom. The average Bonchev–Trinajstić information content (AvgIpc) is 3.39. The first-order chi connectivity index (χ1) is 18.0. The van der Waals surface area contributed by atoms with E-state index >= 15 is 0 Å². The van der Waals surface area contributed by atoms with Crippen LogP contribution in [0.4, 0.5) is 21.6 Å². The molecule has 1 saturated heterocycles. The highest BCUT2D eigenvalue weighted by molar-refractivity contribution is 6.06. The quantitative estimate of drug-likeness (QED) is 0.434. The maximum absolute atomic E-state index is 13.6. The summed E-state index contributed by atoms with van der Waals surface area (Å²) < 4.78 is 21.2. The van der Waals surface area contributed by atoms with Crippen LogP contribution in [0.2, 0.25) is 0 Å². The third-order valence-electron chi connectivity index (χ3n) is 7.07. The smallest absolute Gasteiger partial charge is 0.254 e. The molecule has 1 atom stereocenters. The molecule has 0 saturated carbocycles. The second-order valence-corrected chi connectivity index (χ2v) is 9.58. The number of aromatic nitrogens is 3. The summed E-state index contributed by atoms with van der Waals surface area (Å²) in [5, 5.41) is 6.26. The van der Waals surface area contributed by atoms with Gasteiger partial charge in [-0.1, -0.05) is 6.07 Å². The van der Waals surface area contributed by atoms with Crippen molar-refractivity contribution in [1.29, 1.82) is 0 Å². The molecule has 2 N–H and O–H groups in total. The van der Waals surface area contributed by atoms with E-state index in [0.29, 0.717) is 48.5 Å². The van der Waals surface area contributed by atoms with E-state index in [2.05, 4.69) is 44.5 Å². The molecule has 0 unspecified atom stereocenters. The fourth-order valence-corrected chi connectivity index (χ4v) is 4.97. The molecule has 5 heterocycles. The number of hydrogen-bond acceptors (Lipinski definition) is 7. The minimum atomic E-state index is -0.341. The summed E-state index contributed by atoms with van der Waals surface area (Å²) in [5.41, 5.74) is 5.36. The first kappa shape index (κ1) is 23.4. The number of rotatable bonds is 5. The summed E-state index contributed by atoms with van der Waals surface area (Å²) in [5.74, 6) is 0.167. The van der Waals surface area contributed by atoms with Crippen molar-refractivity contribution in [1.82, 2.24) is 24.6 Å². The van der Waals surface area contributed by atoms with Crippen molar-refractivity contribution in [3.8, 4) is 11.3 Å². The molecule has 0 spiro atoms. The van der Waals surface area contributed by atoms with Crippen LogP contribution in [0.3, 0.4) is 0 Å². The van der Waals surface area contributed by atoms with E-state index in [1.807, 2.05) is 34.9 Å². The highest BCUT2D eigenvalue weighted by atomic mass is 19.1. The molecule has 4 aromatic rings. The zero-order chi connectivity index (χ0) is 25.5. The molecule has 0 bridgehead atoms. The van der Waals surface area contributed by atoms with Crippen molar-refractivity contribution < 1.29 is 13.9 Å². The molecular weight excluding hydrogens is 473 g/mol. The summed E-state index contributed by atoms with van der Waals surface area (Å²) >= 11 is 0. The van der Waals surface area contributed by atoms with E-state index in [9.17, 15) is 9.18 Å². The monoisotopic (exact) mass is 501 g/mol. The number of imidazole rings is 1. The number of halogens is 1. The van der Waals surface area contributed by atoms with Gasteiger partial charge in [-0.3, -0.25) is 9.20 Å². The molecule has 2 aliphatic rings. The molecule has 10 heteroatoms. The number of nitrogens with one attached hydrogen (secondary N) is 2. The Kier molecular flexibility index (Phi) is 5.97. The van der Waals surface area contributed by atoms with Crippen molar-refractivity contribution in [2.45, 2.75) is 12.6 Å². The lowest BCUT2D eigenvalue weighted by atomic mass is 9.99. The van der Waals surface area contributed by atoms with Gasteiger partial charge in [0.15, 0.2) is 0 Å². The van der Waals surface area contributed by atoms with Crippen molar-refractivity contribution >= 4 is 28.7 Å². The summed E-state index contributed by atoms with van der Waals surface area (Å²) in [4.78, 5) is 26.3. The molecular formula is C27H28FN7O2. The summed E-state index contributed by atoms with van der Waals surface area (Å²) in [6.45, 7) is 3.48. The van der Waals surface area contributed by atoms with E-state index in [4.69, 9.17) is 4.74 Å². The van der Waals surface area contributed by atoms with E-state index in [1.165, 1.54) is 12.1 Å². The second-order valence-electron chi connectivity index (χ2n) is 9.58. The Balaban J connectivity index is 1.28. The number of carbonyl (C=O) groups excluding carboxylic acids is 1. The second kappa shape index (κ2) is 9.45. The van der Waals surface area contributed by atoms with Crippen molar-refractivity contribution in [2.75, 3.05) is 50.6 Å². The number of ether oxygens (including phenoxy) is 1. The number of anilines is 3. The molecule has 1 aromatic carbocycles.